The summed E-state index contributed by atoms with van der Waals surface area (Å²) in [5.41, 5.74) is -0.356. The van der Waals surface area contributed by atoms with E-state index in [0.717, 1.165) is 12.8 Å². The van der Waals surface area contributed by atoms with Crippen molar-refractivity contribution in [3.63, 3.8) is 0 Å². The number of nitrogens with one attached hydrogen (secondary N) is 2. The Hall–Kier alpha value is -1.46. The zero-order valence-corrected chi connectivity index (χ0v) is 12.4. The molecule has 112 valence electrons. The zero-order chi connectivity index (χ0) is 14.7. The third-order valence-corrected chi connectivity index (χ3v) is 2.60. The highest BCUT2D eigenvalue weighted by Crippen LogP contribution is 2.24. The summed E-state index contributed by atoms with van der Waals surface area (Å²) in [5.74, 6) is 0. The first-order chi connectivity index (χ1) is 8.97. The first-order valence-electron chi connectivity index (χ1n) is 6.78. The largest absolute Gasteiger partial charge is 0.449 e. The molecule has 2 amide bonds. The van der Waals surface area contributed by atoms with Crippen LogP contribution in [0.1, 0.15) is 40.5 Å². The van der Waals surface area contributed by atoms with Gasteiger partial charge in [0.15, 0.2) is 0 Å². The van der Waals surface area contributed by atoms with E-state index in [1.54, 1.807) is 0 Å². The lowest BCUT2D eigenvalue weighted by Gasteiger charge is -2.28. The summed E-state index contributed by atoms with van der Waals surface area (Å²) in [6, 6.07) is 0. The molecule has 0 saturated heterocycles. The lowest BCUT2D eigenvalue weighted by Crippen LogP contribution is -2.36. The van der Waals surface area contributed by atoms with E-state index in [1.807, 2.05) is 27.7 Å². The topological polar surface area (TPSA) is 76.7 Å². The van der Waals surface area contributed by atoms with Crippen molar-refractivity contribution in [2.45, 2.75) is 40.5 Å². The Bertz CT molecular complexity index is 260. The van der Waals surface area contributed by atoms with E-state index >= 15 is 0 Å². The smallest absolute Gasteiger partial charge is 0.407 e. The van der Waals surface area contributed by atoms with Gasteiger partial charge in [0.25, 0.3) is 0 Å². The van der Waals surface area contributed by atoms with Crippen LogP contribution < -0.4 is 10.6 Å². The van der Waals surface area contributed by atoms with E-state index in [9.17, 15) is 9.59 Å². The van der Waals surface area contributed by atoms with Gasteiger partial charge in [-0.3, -0.25) is 0 Å². The van der Waals surface area contributed by atoms with Crippen LogP contribution in [0.2, 0.25) is 0 Å². The highest BCUT2D eigenvalue weighted by molar-refractivity contribution is 5.67. The Morgan fingerprint density at radius 2 is 1.37 bits per heavy atom. The molecule has 0 aromatic carbocycles. The molecule has 0 aliphatic rings. The summed E-state index contributed by atoms with van der Waals surface area (Å²) in [6.07, 6.45) is 0.852. The Morgan fingerprint density at radius 3 is 1.68 bits per heavy atom. The predicted molar refractivity (Wildman–Crippen MR) is 73.1 cm³/mol. The average Bonchev–Trinajstić information content (AvgIpc) is 2.36. The van der Waals surface area contributed by atoms with Crippen LogP contribution in [0.4, 0.5) is 9.59 Å². The minimum Gasteiger partial charge on any atom is -0.449 e. The fraction of sp³-hybridized carbons (Fsp3) is 0.846. The van der Waals surface area contributed by atoms with Crippen molar-refractivity contribution in [3.05, 3.63) is 0 Å². The van der Waals surface area contributed by atoms with Crippen molar-refractivity contribution in [1.29, 1.82) is 0 Å². The molecule has 0 radical (unpaired) electrons. The molecule has 0 bridgehead atoms. The maximum atomic E-state index is 11.3. The fourth-order valence-corrected chi connectivity index (χ4v) is 1.66. The molecule has 0 unspecified atom stereocenters. The van der Waals surface area contributed by atoms with E-state index in [4.69, 9.17) is 9.47 Å². The minimum atomic E-state index is -0.442. The first kappa shape index (κ1) is 17.5. The van der Waals surface area contributed by atoms with Gasteiger partial charge in [0.05, 0.1) is 0 Å². The normalized spacial score (nSPS) is 10.7. The van der Waals surface area contributed by atoms with Crippen molar-refractivity contribution < 1.29 is 19.1 Å². The second-order valence-corrected chi connectivity index (χ2v) is 4.77. The van der Waals surface area contributed by atoms with Crippen LogP contribution in [0.25, 0.3) is 0 Å². The standard InChI is InChI=1S/C13H26N2O4/c1-5-8-13(4,9-18-11(16)14-6-2)10-19-12(17)15-7-3/h5-10H2,1-4H3,(H,14,16)(H,15,17). The number of rotatable bonds is 8. The molecule has 0 aromatic rings. The van der Waals surface area contributed by atoms with Crippen LogP contribution in [-0.4, -0.2) is 38.5 Å². The van der Waals surface area contributed by atoms with Gasteiger partial charge in [-0.15, -0.1) is 0 Å². The number of ether oxygens (including phenoxy) is 2. The van der Waals surface area contributed by atoms with Crippen LogP contribution in [0.15, 0.2) is 0 Å². The fourth-order valence-electron chi connectivity index (χ4n) is 1.66. The first-order valence-corrected chi connectivity index (χ1v) is 6.78. The summed E-state index contributed by atoms with van der Waals surface area (Å²) < 4.78 is 10.3. The monoisotopic (exact) mass is 274 g/mol. The van der Waals surface area contributed by atoms with Gasteiger partial charge in [0, 0.05) is 18.5 Å². The lowest BCUT2D eigenvalue weighted by atomic mass is 9.87. The average molecular weight is 274 g/mol. The van der Waals surface area contributed by atoms with Crippen molar-refractivity contribution in [1.82, 2.24) is 10.6 Å². The summed E-state index contributed by atoms with van der Waals surface area (Å²) in [7, 11) is 0. The molecule has 6 nitrogen and oxygen atoms in total. The number of carbonyl (C=O) groups is 2. The summed E-state index contributed by atoms with van der Waals surface area (Å²) in [6.45, 7) is 9.14. The molecule has 0 spiro atoms. The molecule has 19 heavy (non-hydrogen) atoms. The SMILES string of the molecule is CCCC(C)(COC(=O)NCC)COC(=O)NCC. The quantitative estimate of drug-likeness (QED) is 0.712. The van der Waals surface area contributed by atoms with Gasteiger partial charge >= 0.3 is 12.2 Å². The second-order valence-electron chi connectivity index (χ2n) is 4.77. The van der Waals surface area contributed by atoms with Crippen molar-refractivity contribution >= 4 is 12.2 Å². The van der Waals surface area contributed by atoms with Gasteiger partial charge in [0.1, 0.15) is 13.2 Å². The molecule has 0 fully saturated rings. The Balaban J connectivity index is 4.24. The molecule has 0 aromatic heterocycles. The maximum absolute atomic E-state index is 11.3. The van der Waals surface area contributed by atoms with Gasteiger partial charge in [-0.25, -0.2) is 9.59 Å². The van der Waals surface area contributed by atoms with E-state index in [2.05, 4.69) is 10.6 Å². The van der Waals surface area contributed by atoms with Crippen molar-refractivity contribution in [2.75, 3.05) is 26.3 Å². The van der Waals surface area contributed by atoms with Crippen LogP contribution in [0.5, 0.6) is 0 Å². The summed E-state index contributed by atoms with van der Waals surface area (Å²) in [4.78, 5) is 22.6. The Kier molecular flexibility index (Phi) is 8.74. The summed E-state index contributed by atoms with van der Waals surface area (Å²) >= 11 is 0. The molecule has 0 saturated carbocycles. The molecule has 0 rings (SSSR count). The third kappa shape index (κ3) is 8.29. The molecule has 0 aliphatic carbocycles. The Labute approximate surface area is 115 Å². The van der Waals surface area contributed by atoms with Crippen LogP contribution in [-0.2, 0) is 9.47 Å². The number of amides is 2. The highest BCUT2D eigenvalue weighted by atomic mass is 16.6. The van der Waals surface area contributed by atoms with Gasteiger partial charge in [-0.1, -0.05) is 20.3 Å². The second kappa shape index (κ2) is 9.47. The number of hydrogen-bond donors (Lipinski definition) is 2. The zero-order valence-electron chi connectivity index (χ0n) is 12.4. The third-order valence-electron chi connectivity index (χ3n) is 2.60. The van der Waals surface area contributed by atoms with E-state index in [0.29, 0.717) is 13.1 Å². The lowest BCUT2D eigenvalue weighted by molar-refractivity contribution is 0.0314. The number of hydrogen-bond acceptors (Lipinski definition) is 4. The van der Waals surface area contributed by atoms with E-state index in [-0.39, 0.29) is 18.6 Å². The highest BCUT2D eigenvalue weighted by Gasteiger charge is 2.27. The molecule has 0 aliphatic heterocycles. The van der Waals surface area contributed by atoms with Crippen LogP contribution in [0.3, 0.4) is 0 Å². The molecular weight excluding hydrogens is 248 g/mol. The van der Waals surface area contributed by atoms with Gasteiger partial charge in [-0.2, -0.15) is 0 Å². The molecular formula is C13H26N2O4. The Morgan fingerprint density at radius 1 is 0.947 bits per heavy atom. The van der Waals surface area contributed by atoms with E-state index in [1.165, 1.54) is 0 Å². The van der Waals surface area contributed by atoms with Crippen LogP contribution in [0, 0.1) is 5.41 Å². The molecule has 2 N–H and O–H groups in total. The minimum absolute atomic E-state index is 0.228. The summed E-state index contributed by atoms with van der Waals surface area (Å²) in [5, 5.41) is 5.13. The number of carbonyl (C=O) groups excluding carboxylic acids is 2. The van der Waals surface area contributed by atoms with Crippen molar-refractivity contribution in [3.8, 4) is 0 Å². The van der Waals surface area contributed by atoms with Crippen LogP contribution >= 0.6 is 0 Å². The van der Waals surface area contributed by atoms with Crippen molar-refractivity contribution in [2.24, 2.45) is 5.41 Å². The maximum Gasteiger partial charge on any atom is 0.407 e. The molecule has 0 atom stereocenters. The van der Waals surface area contributed by atoms with Gasteiger partial charge < -0.3 is 20.1 Å². The molecule has 0 heterocycles. The van der Waals surface area contributed by atoms with Gasteiger partial charge in [0.2, 0.25) is 0 Å². The number of alkyl carbamates (subject to hydrolysis) is 2. The molecule has 6 heteroatoms. The predicted octanol–water partition coefficient (Wildman–Crippen LogP) is 2.29. The van der Waals surface area contributed by atoms with E-state index < -0.39 is 12.2 Å². The van der Waals surface area contributed by atoms with Gasteiger partial charge in [-0.05, 0) is 20.3 Å².